The lowest BCUT2D eigenvalue weighted by molar-refractivity contribution is 0.102. The number of halogens is 1. The van der Waals surface area contributed by atoms with Gasteiger partial charge in [0.2, 0.25) is 0 Å². The first-order chi connectivity index (χ1) is 17.4. The van der Waals surface area contributed by atoms with E-state index in [-0.39, 0.29) is 11.8 Å². The van der Waals surface area contributed by atoms with Gasteiger partial charge in [-0.2, -0.15) is 10.2 Å². The van der Waals surface area contributed by atoms with Crippen molar-refractivity contribution in [2.24, 2.45) is 5.92 Å². The summed E-state index contributed by atoms with van der Waals surface area (Å²) in [6.45, 7) is 1.85. The number of rotatable bonds is 5. The lowest BCUT2D eigenvalue weighted by Gasteiger charge is -2.15. The van der Waals surface area contributed by atoms with Crippen LogP contribution in [0.25, 0.3) is 27.2 Å². The van der Waals surface area contributed by atoms with Gasteiger partial charge >= 0.3 is 0 Å². The number of benzene rings is 1. The van der Waals surface area contributed by atoms with E-state index < -0.39 is 0 Å². The second-order valence-corrected chi connectivity index (χ2v) is 9.82. The van der Waals surface area contributed by atoms with E-state index in [1.807, 2.05) is 13.0 Å². The molecule has 3 heterocycles. The number of thiazole rings is 1. The summed E-state index contributed by atoms with van der Waals surface area (Å²) >= 11 is 7.50. The average Bonchev–Trinajstić information content (AvgIpc) is 3.30. The van der Waals surface area contributed by atoms with Gasteiger partial charge in [0.15, 0.2) is 15.6 Å². The van der Waals surface area contributed by atoms with Crippen LogP contribution >= 0.6 is 22.9 Å². The van der Waals surface area contributed by atoms with Gasteiger partial charge in [-0.3, -0.25) is 15.1 Å². The Morgan fingerprint density at radius 3 is 2.83 bits per heavy atom. The van der Waals surface area contributed by atoms with Crippen LogP contribution in [-0.2, 0) is 0 Å². The molecular formula is C26H21ClN6O2S. The molecule has 0 bridgehead atoms. The number of ether oxygens (including phenoxy) is 1. The van der Waals surface area contributed by atoms with E-state index in [2.05, 4.69) is 32.4 Å². The standard InChI is InChI=1S/C26H21ClN6O2S/c1-14-9-18(19-10-17(27)7-8-22(19)35-2)20(12-29-14)24(34)33-26-32-23-25(36-26)31-21(13-30-23)16-5-3-15(11-28)4-6-16/h5,7-10,12-13,15H,3-4,6H2,1-2H3,(H,30,32,33,34). The molecule has 0 aliphatic heterocycles. The minimum Gasteiger partial charge on any atom is -0.496 e. The van der Waals surface area contributed by atoms with E-state index >= 15 is 0 Å². The van der Waals surface area contributed by atoms with E-state index in [1.54, 1.807) is 31.5 Å². The summed E-state index contributed by atoms with van der Waals surface area (Å²) in [6, 6.07) is 9.41. The van der Waals surface area contributed by atoms with Gasteiger partial charge in [-0.25, -0.2) is 9.97 Å². The quantitative estimate of drug-likeness (QED) is 0.342. The Balaban J connectivity index is 1.44. The molecule has 4 aromatic rings. The number of aryl methyl sites for hydroxylation is 1. The van der Waals surface area contributed by atoms with E-state index in [0.717, 1.165) is 36.2 Å². The first kappa shape index (κ1) is 23.9. The van der Waals surface area contributed by atoms with Crippen molar-refractivity contribution < 1.29 is 9.53 Å². The van der Waals surface area contributed by atoms with Crippen LogP contribution in [0.4, 0.5) is 5.13 Å². The van der Waals surface area contributed by atoms with Crippen molar-refractivity contribution in [1.29, 1.82) is 5.26 Å². The topological polar surface area (TPSA) is 114 Å². The zero-order valence-corrected chi connectivity index (χ0v) is 21.2. The van der Waals surface area contributed by atoms with Crippen LogP contribution in [0.15, 0.2) is 42.7 Å². The van der Waals surface area contributed by atoms with Crippen LogP contribution in [0.3, 0.4) is 0 Å². The van der Waals surface area contributed by atoms with Crippen LogP contribution in [0.1, 0.15) is 41.0 Å². The molecule has 3 aromatic heterocycles. The summed E-state index contributed by atoms with van der Waals surface area (Å²) in [5, 5.41) is 12.9. The number of aromatic nitrogens is 4. The van der Waals surface area contributed by atoms with Crippen molar-refractivity contribution in [3.63, 3.8) is 0 Å². The van der Waals surface area contributed by atoms with Crippen LogP contribution in [0.2, 0.25) is 5.02 Å². The summed E-state index contributed by atoms with van der Waals surface area (Å²) in [5.74, 6) is 0.290. The molecule has 1 amide bonds. The van der Waals surface area contributed by atoms with Gasteiger partial charge in [0.25, 0.3) is 5.91 Å². The van der Waals surface area contributed by atoms with Crippen LogP contribution < -0.4 is 10.1 Å². The molecular weight excluding hydrogens is 496 g/mol. The van der Waals surface area contributed by atoms with Gasteiger partial charge in [0, 0.05) is 28.0 Å². The van der Waals surface area contributed by atoms with E-state index in [1.165, 1.54) is 17.5 Å². The number of carbonyl (C=O) groups is 1. The van der Waals surface area contributed by atoms with E-state index in [9.17, 15) is 4.79 Å². The third kappa shape index (κ3) is 4.78. The highest BCUT2D eigenvalue weighted by Gasteiger charge is 2.20. The Labute approximate surface area is 216 Å². The molecule has 1 aliphatic rings. The minimum absolute atomic E-state index is 0.0590. The molecule has 0 radical (unpaired) electrons. The van der Waals surface area contributed by atoms with Gasteiger partial charge in [-0.15, -0.1) is 0 Å². The highest BCUT2D eigenvalue weighted by atomic mass is 35.5. The zero-order valence-electron chi connectivity index (χ0n) is 19.6. The molecule has 36 heavy (non-hydrogen) atoms. The molecule has 0 saturated heterocycles. The molecule has 1 N–H and O–H groups in total. The smallest absolute Gasteiger partial charge is 0.259 e. The Bertz CT molecular complexity index is 1560. The Hall–Kier alpha value is -3.87. The summed E-state index contributed by atoms with van der Waals surface area (Å²) in [7, 11) is 1.57. The number of nitrogens with zero attached hydrogens (tertiary/aromatic N) is 5. The van der Waals surface area contributed by atoms with Crippen molar-refractivity contribution in [1.82, 2.24) is 19.9 Å². The van der Waals surface area contributed by atoms with Crippen LogP contribution in [0.5, 0.6) is 5.75 Å². The third-order valence-corrected chi connectivity index (χ3v) is 7.09. The van der Waals surface area contributed by atoms with Crippen molar-refractivity contribution in [3.05, 3.63) is 64.7 Å². The lowest BCUT2D eigenvalue weighted by atomic mass is 9.89. The first-order valence-electron chi connectivity index (χ1n) is 11.3. The summed E-state index contributed by atoms with van der Waals surface area (Å²) < 4.78 is 5.50. The molecule has 0 saturated carbocycles. The fraction of sp³-hybridized carbons (Fsp3) is 0.231. The minimum atomic E-state index is -0.364. The monoisotopic (exact) mass is 516 g/mol. The van der Waals surface area contributed by atoms with Crippen molar-refractivity contribution >= 4 is 50.0 Å². The van der Waals surface area contributed by atoms with E-state index in [4.69, 9.17) is 26.6 Å². The molecule has 1 aliphatic carbocycles. The molecule has 180 valence electrons. The molecule has 1 aromatic carbocycles. The SMILES string of the molecule is COc1ccc(Cl)cc1-c1cc(C)ncc1C(=O)Nc1nc2ncc(C3=CCC(C#N)CC3)nc2s1. The Morgan fingerprint density at radius 2 is 2.08 bits per heavy atom. The number of fused-ring (bicyclic) bond motifs is 1. The largest absolute Gasteiger partial charge is 0.496 e. The molecule has 10 heteroatoms. The van der Waals surface area contributed by atoms with Gasteiger partial charge in [0.1, 0.15) is 5.75 Å². The number of methoxy groups -OCH3 is 1. The van der Waals surface area contributed by atoms with Crippen LogP contribution in [-0.4, -0.2) is 33.0 Å². The average molecular weight is 517 g/mol. The van der Waals surface area contributed by atoms with Crippen molar-refractivity contribution in [3.8, 4) is 22.9 Å². The molecule has 1 atom stereocenters. The van der Waals surface area contributed by atoms with Gasteiger partial charge < -0.3 is 4.74 Å². The molecule has 0 spiro atoms. The number of nitrogens with one attached hydrogen (secondary N) is 1. The van der Waals surface area contributed by atoms with Crippen LogP contribution in [0, 0.1) is 24.2 Å². The number of hydrogen-bond acceptors (Lipinski definition) is 8. The lowest BCUT2D eigenvalue weighted by Crippen LogP contribution is -2.14. The summed E-state index contributed by atoms with van der Waals surface area (Å²) in [4.78, 5) is 31.9. The maximum absolute atomic E-state index is 13.3. The third-order valence-electron chi connectivity index (χ3n) is 6.00. The maximum Gasteiger partial charge on any atom is 0.259 e. The second-order valence-electron chi connectivity index (χ2n) is 8.40. The fourth-order valence-corrected chi connectivity index (χ4v) is 5.10. The highest BCUT2D eigenvalue weighted by molar-refractivity contribution is 7.21. The van der Waals surface area contributed by atoms with Crippen molar-refractivity contribution in [2.45, 2.75) is 26.2 Å². The Morgan fingerprint density at radius 1 is 1.22 bits per heavy atom. The predicted octanol–water partition coefficient (Wildman–Crippen LogP) is 6.08. The molecule has 5 rings (SSSR count). The number of amides is 1. The number of hydrogen-bond donors (Lipinski definition) is 1. The number of anilines is 1. The number of allylic oxidation sites excluding steroid dienone is 2. The predicted molar refractivity (Wildman–Crippen MR) is 140 cm³/mol. The fourth-order valence-electron chi connectivity index (χ4n) is 4.13. The van der Waals surface area contributed by atoms with Gasteiger partial charge in [-0.1, -0.05) is 29.0 Å². The number of nitriles is 1. The highest BCUT2D eigenvalue weighted by Crippen LogP contribution is 2.36. The second kappa shape index (κ2) is 10.0. The molecule has 1 unspecified atom stereocenters. The number of carbonyl (C=O) groups excluding carboxylic acids is 1. The van der Waals surface area contributed by atoms with Crippen molar-refractivity contribution in [2.75, 3.05) is 12.4 Å². The summed E-state index contributed by atoms with van der Waals surface area (Å²) in [5.41, 5.74) is 4.78. The molecule has 0 fully saturated rings. The molecule has 8 nitrogen and oxygen atoms in total. The number of pyridine rings is 1. The summed E-state index contributed by atoms with van der Waals surface area (Å²) in [6.07, 6.45) is 7.62. The van der Waals surface area contributed by atoms with E-state index in [0.29, 0.717) is 43.1 Å². The normalized spacial score (nSPS) is 15.3. The first-order valence-corrected chi connectivity index (χ1v) is 12.5. The Kier molecular flexibility index (Phi) is 6.63. The zero-order chi connectivity index (χ0) is 25.2. The maximum atomic E-state index is 13.3. The van der Waals surface area contributed by atoms with Gasteiger partial charge in [-0.05, 0) is 56.0 Å². The van der Waals surface area contributed by atoms with Gasteiger partial charge in [0.05, 0.1) is 36.6 Å².